The molecule has 1 aliphatic rings. The highest BCUT2D eigenvalue weighted by atomic mass is 35.5. The van der Waals surface area contributed by atoms with Crippen LogP contribution in [-0.4, -0.2) is 11.8 Å². The van der Waals surface area contributed by atoms with E-state index in [1.807, 2.05) is 91.9 Å². The van der Waals surface area contributed by atoms with Gasteiger partial charge in [0.2, 0.25) is 0 Å². The van der Waals surface area contributed by atoms with Gasteiger partial charge in [-0.2, -0.15) is 0 Å². The van der Waals surface area contributed by atoms with Crippen LogP contribution in [0.2, 0.25) is 5.02 Å². The van der Waals surface area contributed by atoms with Crippen LogP contribution in [0, 0.1) is 6.92 Å². The van der Waals surface area contributed by atoms with Crippen LogP contribution in [0.25, 0.3) is 6.08 Å². The molecule has 0 unspecified atom stereocenters. The number of carbonyl (C=O) groups excluding carboxylic acids is 2. The first-order valence-electron chi connectivity index (χ1n) is 11.9. The summed E-state index contributed by atoms with van der Waals surface area (Å²) in [6.45, 7) is 2.84. The van der Waals surface area contributed by atoms with Crippen molar-refractivity contribution in [2.24, 2.45) is 0 Å². The number of thioether (sulfide) groups is 1. The molecule has 4 nitrogen and oxygen atoms in total. The van der Waals surface area contributed by atoms with E-state index in [0.29, 0.717) is 28.6 Å². The minimum absolute atomic E-state index is 0.0819. The van der Waals surface area contributed by atoms with E-state index in [-0.39, 0.29) is 11.8 Å². The molecule has 0 aromatic heterocycles. The van der Waals surface area contributed by atoms with Gasteiger partial charge in [0, 0.05) is 22.0 Å². The van der Waals surface area contributed by atoms with Gasteiger partial charge in [0.25, 0.3) is 11.8 Å². The first-order valence-corrected chi connectivity index (χ1v) is 13.1. The maximum Gasteiger partial charge on any atom is 0.265 e. The monoisotopic (exact) mass is 524 g/mol. The van der Waals surface area contributed by atoms with Crippen LogP contribution in [0.5, 0.6) is 0 Å². The van der Waals surface area contributed by atoms with Crippen LogP contribution >= 0.6 is 23.4 Å². The van der Waals surface area contributed by atoms with Gasteiger partial charge in [0.05, 0.1) is 17.1 Å². The first-order chi connectivity index (χ1) is 18.0. The Morgan fingerprint density at radius 1 is 0.919 bits per heavy atom. The Bertz CT molecular complexity index is 1480. The van der Waals surface area contributed by atoms with E-state index in [1.165, 1.54) is 11.8 Å². The molecule has 0 aliphatic carbocycles. The highest BCUT2D eigenvalue weighted by Crippen LogP contribution is 2.43. The maximum absolute atomic E-state index is 13.7. The number of nitrogens with zero attached hydrogens (tertiary/aromatic N) is 1. The van der Waals surface area contributed by atoms with Crippen molar-refractivity contribution in [2.45, 2.75) is 24.9 Å². The molecular formula is C31H25ClN2O2S. The van der Waals surface area contributed by atoms with E-state index in [1.54, 1.807) is 17.0 Å². The predicted octanol–water partition coefficient (Wildman–Crippen LogP) is 7.26. The summed E-state index contributed by atoms with van der Waals surface area (Å²) >= 11 is 7.39. The molecule has 6 heteroatoms. The van der Waals surface area contributed by atoms with E-state index in [9.17, 15) is 9.59 Å². The van der Waals surface area contributed by atoms with Gasteiger partial charge in [-0.05, 0) is 60.0 Å². The molecule has 1 heterocycles. The Hall–Kier alpha value is -3.80. The molecule has 0 spiro atoms. The topological polar surface area (TPSA) is 49.4 Å². The van der Waals surface area contributed by atoms with E-state index in [0.717, 1.165) is 32.8 Å². The number of halogens is 1. The lowest BCUT2D eigenvalue weighted by molar-refractivity contribution is -0.114. The molecule has 0 fully saturated rings. The van der Waals surface area contributed by atoms with Crippen molar-refractivity contribution in [3.05, 3.63) is 135 Å². The number of aryl methyl sites for hydroxylation is 1. The van der Waals surface area contributed by atoms with Crippen LogP contribution in [0.3, 0.4) is 0 Å². The van der Waals surface area contributed by atoms with Crippen LogP contribution in [0.15, 0.2) is 107 Å². The Morgan fingerprint density at radius 2 is 1.70 bits per heavy atom. The quantitative estimate of drug-likeness (QED) is 0.270. The van der Waals surface area contributed by atoms with Crippen LogP contribution < -0.4 is 10.2 Å². The van der Waals surface area contributed by atoms with Gasteiger partial charge in [-0.25, -0.2) is 0 Å². The summed E-state index contributed by atoms with van der Waals surface area (Å²) in [6, 6.07) is 30.9. The fourth-order valence-electron chi connectivity index (χ4n) is 4.19. The van der Waals surface area contributed by atoms with E-state index in [4.69, 9.17) is 11.6 Å². The van der Waals surface area contributed by atoms with Gasteiger partial charge in [-0.1, -0.05) is 95.7 Å². The Balaban J connectivity index is 1.46. The third kappa shape index (κ3) is 5.96. The van der Waals surface area contributed by atoms with Gasteiger partial charge in [-0.15, -0.1) is 0 Å². The molecule has 4 aromatic carbocycles. The molecule has 1 N–H and O–H groups in total. The van der Waals surface area contributed by atoms with Crippen LogP contribution in [0.4, 0.5) is 5.69 Å². The van der Waals surface area contributed by atoms with Gasteiger partial charge < -0.3 is 10.2 Å². The number of rotatable bonds is 6. The third-order valence-electron chi connectivity index (χ3n) is 6.07. The highest BCUT2D eigenvalue weighted by molar-refractivity contribution is 8.04. The van der Waals surface area contributed by atoms with Gasteiger partial charge in [0.15, 0.2) is 0 Å². The number of hydrogen-bond donors (Lipinski definition) is 1. The van der Waals surface area contributed by atoms with Crippen LogP contribution in [0.1, 0.15) is 32.6 Å². The minimum atomic E-state index is -0.198. The normalized spacial score (nSPS) is 13.9. The number of carbonyl (C=O) groups is 2. The van der Waals surface area contributed by atoms with Crippen LogP contribution in [-0.2, 0) is 17.9 Å². The van der Waals surface area contributed by atoms with E-state index < -0.39 is 0 Å². The molecule has 0 saturated heterocycles. The average molecular weight is 525 g/mol. The zero-order chi connectivity index (χ0) is 25.8. The molecule has 0 saturated carbocycles. The van der Waals surface area contributed by atoms with Crippen molar-refractivity contribution in [1.82, 2.24) is 5.32 Å². The van der Waals surface area contributed by atoms with E-state index >= 15 is 0 Å². The SMILES string of the molecule is Cc1cccc(CN2C(=O)C(=Cc3ccccc3)Sc3ccc(C(=O)NCc4ccc(Cl)cc4)cc32)c1. The summed E-state index contributed by atoms with van der Waals surface area (Å²) in [5, 5.41) is 3.62. The summed E-state index contributed by atoms with van der Waals surface area (Å²) in [4.78, 5) is 30.1. The minimum Gasteiger partial charge on any atom is -0.348 e. The van der Waals surface area contributed by atoms with Crippen molar-refractivity contribution in [3.8, 4) is 0 Å². The molecular weight excluding hydrogens is 500 g/mol. The number of benzene rings is 4. The molecule has 0 atom stereocenters. The molecule has 4 aromatic rings. The molecule has 1 aliphatic heterocycles. The third-order valence-corrected chi connectivity index (χ3v) is 7.40. The zero-order valence-electron chi connectivity index (χ0n) is 20.3. The second kappa shape index (κ2) is 11.1. The molecule has 0 radical (unpaired) electrons. The summed E-state index contributed by atoms with van der Waals surface area (Å²) in [5.41, 5.74) is 5.33. The Kier molecular flexibility index (Phi) is 7.45. The fraction of sp³-hybridized carbons (Fsp3) is 0.0968. The molecule has 2 amide bonds. The summed E-state index contributed by atoms with van der Waals surface area (Å²) < 4.78 is 0. The van der Waals surface area contributed by atoms with Crippen molar-refractivity contribution in [1.29, 1.82) is 0 Å². The number of nitrogens with one attached hydrogen (secondary N) is 1. The zero-order valence-corrected chi connectivity index (χ0v) is 21.9. The lowest BCUT2D eigenvalue weighted by Crippen LogP contribution is -2.34. The Morgan fingerprint density at radius 3 is 2.46 bits per heavy atom. The average Bonchev–Trinajstić information content (AvgIpc) is 2.91. The Labute approximate surface area is 226 Å². The number of hydrogen-bond acceptors (Lipinski definition) is 3. The molecule has 37 heavy (non-hydrogen) atoms. The van der Waals surface area contributed by atoms with E-state index in [2.05, 4.69) is 11.4 Å². The van der Waals surface area contributed by atoms with Crippen molar-refractivity contribution < 1.29 is 9.59 Å². The number of amides is 2. The first kappa shape index (κ1) is 24.9. The predicted molar refractivity (Wildman–Crippen MR) is 152 cm³/mol. The van der Waals surface area contributed by atoms with Gasteiger partial charge in [-0.3, -0.25) is 9.59 Å². The summed E-state index contributed by atoms with van der Waals surface area (Å²) in [7, 11) is 0. The lowest BCUT2D eigenvalue weighted by atomic mass is 10.1. The summed E-state index contributed by atoms with van der Waals surface area (Å²) in [5.74, 6) is -0.280. The van der Waals surface area contributed by atoms with Crippen molar-refractivity contribution >= 4 is 46.9 Å². The largest absolute Gasteiger partial charge is 0.348 e. The van der Waals surface area contributed by atoms with Crippen molar-refractivity contribution in [3.63, 3.8) is 0 Å². The smallest absolute Gasteiger partial charge is 0.265 e. The molecule has 0 bridgehead atoms. The standard InChI is InChI=1S/C31H25ClN2O2S/c1-21-6-5-9-24(16-21)20-34-27-18-25(30(35)33-19-23-10-13-26(32)14-11-23)12-15-28(27)37-29(31(34)36)17-22-7-3-2-4-8-22/h2-18H,19-20H2,1H3,(H,33,35). The number of anilines is 1. The van der Waals surface area contributed by atoms with Gasteiger partial charge >= 0.3 is 0 Å². The molecule has 184 valence electrons. The fourth-order valence-corrected chi connectivity index (χ4v) is 5.35. The highest BCUT2D eigenvalue weighted by Gasteiger charge is 2.30. The second-order valence-electron chi connectivity index (χ2n) is 8.89. The summed E-state index contributed by atoms with van der Waals surface area (Å²) in [6.07, 6.45) is 1.92. The number of fused-ring (bicyclic) bond motifs is 1. The van der Waals surface area contributed by atoms with Crippen molar-refractivity contribution in [2.75, 3.05) is 4.90 Å². The second-order valence-corrected chi connectivity index (χ2v) is 10.4. The molecule has 5 rings (SSSR count). The lowest BCUT2D eigenvalue weighted by Gasteiger charge is -2.31. The van der Waals surface area contributed by atoms with Gasteiger partial charge in [0.1, 0.15) is 0 Å². The maximum atomic E-state index is 13.7.